The second kappa shape index (κ2) is 8.58. The molecule has 0 aliphatic carbocycles. The van der Waals surface area contributed by atoms with E-state index in [9.17, 15) is 0 Å². The zero-order valence-electron chi connectivity index (χ0n) is 16.5. The highest BCUT2D eigenvalue weighted by molar-refractivity contribution is 7.12. The van der Waals surface area contributed by atoms with Crippen LogP contribution in [0.15, 0.2) is 73.2 Å². The van der Waals surface area contributed by atoms with Gasteiger partial charge in [0.25, 0.3) is 0 Å². The van der Waals surface area contributed by atoms with Crippen LogP contribution in [0.1, 0.15) is 26.6 Å². The molecule has 0 fully saturated rings. The lowest BCUT2D eigenvalue weighted by atomic mass is 10.1. The predicted molar refractivity (Wildman–Crippen MR) is 120 cm³/mol. The van der Waals surface area contributed by atoms with Gasteiger partial charge in [0, 0.05) is 66.2 Å². The lowest BCUT2D eigenvalue weighted by molar-refractivity contribution is 0.245. The first-order chi connectivity index (χ1) is 14.8. The largest absolute Gasteiger partial charge is 0.293 e. The third kappa shape index (κ3) is 4.30. The third-order valence-corrected chi connectivity index (χ3v) is 6.06. The van der Waals surface area contributed by atoms with Gasteiger partial charge in [0.05, 0.1) is 10.6 Å². The van der Waals surface area contributed by atoms with Crippen molar-refractivity contribution in [1.82, 2.24) is 19.9 Å². The number of hydrogen-bond acceptors (Lipinski definition) is 5. The Kier molecular flexibility index (Phi) is 5.34. The van der Waals surface area contributed by atoms with Gasteiger partial charge in [0.1, 0.15) is 0 Å². The number of pyridine rings is 1. The molecule has 0 saturated carbocycles. The van der Waals surface area contributed by atoms with Gasteiger partial charge in [-0.25, -0.2) is 9.97 Å². The Hall–Kier alpha value is -3.33. The fraction of sp³-hybridized carbons (Fsp3) is 0.160. The maximum Gasteiger partial charge on any atom is 0.160 e. The fourth-order valence-corrected chi connectivity index (χ4v) is 4.45. The molecule has 5 heteroatoms. The van der Waals surface area contributed by atoms with Crippen molar-refractivity contribution in [3.05, 3.63) is 99.8 Å². The van der Waals surface area contributed by atoms with Crippen LogP contribution in [0.4, 0.5) is 0 Å². The number of rotatable bonds is 3. The molecule has 4 nitrogen and oxygen atoms in total. The molecule has 5 rings (SSSR count). The summed E-state index contributed by atoms with van der Waals surface area (Å²) in [5, 5.41) is 0. The van der Waals surface area contributed by atoms with Gasteiger partial charge in [0.2, 0.25) is 0 Å². The van der Waals surface area contributed by atoms with Gasteiger partial charge >= 0.3 is 0 Å². The van der Waals surface area contributed by atoms with Crippen LogP contribution in [0.25, 0.3) is 11.4 Å². The van der Waals surface area contributed by atoms with E-state index in [4.69, 9.17) is 4.98 Å². The van der Waals surface area contributed by atoms with Crippen LogP contribution in [0, 0.1) is 11.8 Å². The van der Waals surface area contributed by atoms with Crippen LogP contribution in [-0.4, -0.2) is 26.4 Å². The normalized spacial score (nSPS) is 13.3. The number of fused-ring (bicyclic) bond motifs is 1. The molecule has 0 spiro atoms. The van der Waals surface area contributed by atoms with E-state index in [1.165, 1.54) is 10.4 Å². The minimum Gasteiger partial charge on any atom is -0.293 e. The lowest BCUT2D eigenvalue weighted by Crippen LogP contribution is -2.30. The van der Waals surface area contributed by atoms with Crippen LogP contribution in [0.3, 0.4) is 0 Å². The van der Waals surface area contributed by atoms with E-state index in [2.05, 4.69) is 38.8 Å². The molecule has 146 valence electrons. The molecule has 0 bridgehead atoms. The molecule has 0 radical (unpaired) electrons. The monoisotopic (exact) mass is 408 g/mol. The summed E-state index contributed by atoms with van der Waals surface area (Å²) in [5.41, 5.74) is 4.38. The lowest BCUT2D eigenvalue weighted by Gasteiger charge is -2.27. The molecule has 3 aromatic heterocycles. The SMILES string of the molecule is C(#Cc1ccc(CN2CCc3nc(-c4cccnc4)ncc3C2)s1)c1ccccc1. The molecule has 0 atom stereocenters. The Bertz CT molecular complexity index is 1210. The summed E-state index contributed by atoms with van der Waals surface area (Å²) in [6.07, 6.45) is 6.49. The van der Waals surface area contributed by atoms with Gasteiger partial charge in [-0.05, 0) is 36.4 Å². The van der Waals surface area contributed by atoms with Crippen molar-refractivity contribution in [3.63, 3.8) is 0 Å². The number of aromatic nitrogens is 3. The van der Waals surface area contributed by atoms with E-state index in [1.54, 1.807) is 17.5 Å². The highest BCUT2D eigenvalue weighted by atomic mass is 32.1. The van der Waals surface area contributed by atoms with Gasteiger partial charge < -0.3 is 0 Å². The maximum atomic E-state index is 4.79. The van der Waals surface area contributed by atoms with Crippen LogP contribution in [-0.2, 0) is 19.5 Å². The zero-order chi connectivity index (χ0) is 20.2. The van der Waals surface area contributed by atoms with Crippen molar-refractivity contribution in [3.8, 4) is 23.2 Å². The van der Waals surface area contributed by atoms with Crippen molar-refractivity contribution in [1.29, 1.82) is 0 Å². The minimum absolute atomic E-state index is 0.759. The average molecular weight is 409 g/mol. The molecule has 4 aromatic rings. The first-order valence-electron chi connectivity index (χ1n) is 9.97. The Morgan fingerprint density at radius 3 is 2.77 bits per heavy atom. The van der Waals surface area contributed by atoms with Crippen LogP contribution < -0.4 is 0 Å². The van der Waals surface area contributed by atoms with E-state index >= 15 is 0 Å². The van der Waals surface area contributed by atoms with Gasteiger partial charge in [-0.3, -0.25) is 9.88 Å². The molecule has 1 aliphatic rings. The average Bonchev–Trinajstić information content (AvgIpc) is 3.26. The number of nitrogens with zero attached hydrogens (tertiary/aromatic N) is 4. The molecule has 4 heterocycles. The van der Waals surface area contributed by atoms with E-state index in [-0.39, 0.29) is 0 Å². The topological polar surface area (TPSA) is 41.9 Å². The highest BCUT2D eigenvalue weighted by Crippen LogP contribution is 2.24. The van der Waals surface area contributed by atoms with Crippen molar-refractivity contribution < 1.29 is 0 Å². The van der Waals surface area contributed by atoms with Crippen LogP contribution >= 0.6 is 11.3 Å². The smallest absolute Gasteiger partial charge is 0.160 e. The van der Waals surface area contributed by atoms with Crippen molar-refractivity contribution in [2.75, 3.05) is 6.54 Å². The Morgan fingerprint density at radius 1 is 0.967 bits per heavy atom. The molecule has 0 saturated heterocycles. The first kappa shape index (κ1) is 18.7. The molecular formula is C25H20N4S. The molecule has 1 aromatic carbocycles. The molecule has 30 heavy (non-hydrogen) atoms. The quantitative estimate of drug-likeness (QED) is 0.466. The van der Waals surface area contributed by atoms with Gasteiger partial charge in [0.15, 0.2) is 5.82 Å². The molecule has 1 aliphatic heterocycles. The molecule has 0 unspecified atom stereocenters. The van der Waals surface area contributed by atoms with Gasteiger partial charge in [-0.1, -0.05) is 30.0 Å². The second-order valence-corrected chi connectivity index (χ2v) is 8.42. The standard InChI is InChI=1S/C25H20N4S/c1-2-5-19(6-3-1)8-9-22-10-11-23(30-22)18-29-14-12-24-21(17-29)16-27-25(28-24)20-7-4-13-26-15-20/h1-7,10-11,13,15-16H,12,14,17-18H2. The zero-order valence-corrected chi connectivity index (χ0v) is 17.3. The molecule has 0 amide bonds. The number of thiophene rings is 1. The summed E-state index contributed by atoms with van der Waals surface area (Å²) in [6, 6.07) is 18.3. The molecule has 0 N–H and O–H groups in total. The predicted octanol–water partition coefficient (Wildman–Crippen LogP) is 4.56. The first-order valence-corrected chi connectivity index (χ1v) is 10.8. The Labute approximate surface area is 180 Å². The Balaban J connectivity index is 1.25. The van der Waals surface area contributed by atoms with E-state index in [0.29, 0.717) is 0 Å². The highest BCUT2D eigenvalue weighted by Gasteiger charge is 2.19. The fourth-order valence-electron chi connectivity index (χ4n) is 3.55. The summed E-state index contributed by atoms with van der Waals surface area (Å²) in [4.78, 5) is 18.4. The van der Waals surface area contributed by atoms with Crippen LogP contribution in [0.5, 0.6) is 0 Å². The van der Waals surface area contributed by atoms with E-state index in [1.807, 2.05) is 54.9 Å². The Morgan fingerprint density at radius 2 is 1.90 bits per heavy atom. The van der Waals surface area contributed by atoms with Crippen molar-refractivity contribution >= 4 is 11.3 Å². The van der Waals surface area contributed by atoms with Crippen molar-refractivity contribution in [2.24, 2.45) is 0 Å². The summed E-state index contributed by atoms with van der Waals surface area (Å²) < 4.78 is 0. The summed E-state index contributed by atoms with van der Waals surface area (Å²) >= 11 is 1.77. The van der Waals surface area contributed by atoms with E-state index < -0.39 is 0 Å². The van der Waals surface area contributed by atoms with E-state index in [0.717, 1.165) is 53.6 Å². The maximum absolute atomic E-state index is 4.79. The number of hydrogen-bond donors (Lipinski definition) is 0. The molecular weight excluding hydrogens is 388 g/mol. The van der Waals surface area contributed by atoms with Gasteiger partial charge in [-0.15, -0.1) is 11.3 Å². The third-order valence-electron chi connectivity index (χ3n) is 5.08. The van der Waals surface area contributed by atoms with Crippen LogP contribution in [0.2, 0.25) is 0 Å². The van der Waals surface area contributed by atoms with Gasteiger partial charge in [-0.2, -0.15) is 0 Å². The minimum atomic E-state index is 0.759. The summed E-state index contributed by atoms with van der Waals surface area (Å²) in [7, 11) is 0. The van der Waals surface area contributed by atoms with Crippen molar-refractivity contribution in [2.45, 2.75) is 19.5 Å². The second-order valence-electron chi connectivity index (χ2n) is 7.25. The summed E-state index contributed by atoms with van der Waals surface area (Å²) in [6.45, 7) is 2.81. The number of benzene rings is 1. The summed E-state index contributed by atoms with van der Waals surface area (Å²) in [5.74, 6) is 7.28.